The van der Waals surface area contributed by atoms with Crippen molar-refractivity contribution in [1.29, 1.82) is 0 Å². The Morgan fingerprint density at radius 1 is 0.947 bits per heavy atom. The van der Waals surface area contributed by atoms with Crippen molar-refractivity contribution in [2.24, 2.45) is 0 Å². The van der Waals surface area contributed by atoms with E-state index in [0.717, 1.165) is 23.1 Å². The summed E-state index contributed by atoms with van der Waals surface area (Å²) >= 11 is 0. The lowest BCUT2D eigenvalue weighted by atomic mass is 9.91. The smallest absolute Gasteiger partial charge is 0.317 e. The first kappa shape index (κ1) is 26.1. The van der Waals surface area contributed by atoms with Gasteiger partial charge in [0.25, 0.3) is 0 Å². The van der Waals surface area contributed by atoms with Gasteiger partial charge in [-0.05, 0) is 56.0 Å². The molecule has 0 bridgehead atoms. The Kier molecular flexibility index (Phi) is 6.41. The quantitative estimate of drug-likeness (QED) is 0.361. The van der Waals surface area contributed by atoms with E-state index < -0.39 is 44.6 Å². The molecule has 1 aromatic carbocycles. The molecule has 9 nitrogen and oxygen atoms in total. The minimum absolute atomic E-state index is 0.0729. The molecule has 0 spiro atoms. The monoisotopic (exact) mass is 559 g/mol. The van der Waals surface area contributed by atoms with Gasteiger partial charge < -0.3 is 4.57 Å². The molecule has 1 aliphatic rings. The third kappa shape index (κ3) is 5.36. The van der Waals surface area contributed by atoms with Gasteiger partial charge >= 0.3 is 12.4 Å². The molecule has 5 rings (SSSR count). The van der Waals surface area contributed by atoms with E-state index in [1.54, 1.807) is 4.57 Å². The Morgan fingerprint density at radius 2 is 1.68 bits per heavy atom. The number of sulfonamides is 1. The highest BCUT2D eigenvalue weighted by atomic mass is 32.2. The van der Waals surface area contributed by atoms with E-state index in [1.807, 2.05) is 0 Å². The number of aromatic nitrogens is 6. The molecule has 0 unspecified atom stereocenters. The predicted octanol–water partition coefficient (Wildman–Crippen LogP) is 4.49. The molecule has 2 atom stereocenters. The summed E-state index contributed by atoms with van der Waals surface area (Å²) in [5, 5.41) is 11.4. The van der Waals surface area contributed by atoms with Crippen LogP contribution < -0.4 is 4.72 Å². The minimum Gasteiger partial charge on any atom is -0.317 e. The van der Waals surface area contributed by atoms with E-state index in [2.05, 4.69) is 25.0 Å². The second kappa shape index (κ2) is 9.34. The van der Waals surface area contributed by atoms with Crippen molar-refractivity contribution in [2.45, 2.75) is 55.0 Å². The highest BCUT2D eigenvalue weighted by molar-refractivity contribution is 7.89. The van der Waals surface area contributed by atoms with Gasteiger partial charge in [0.2, 0.25) is 10.0 Å². The fraction of sp³-hybridized carbons (Fsp3) is 0.364. The zero-order chi connectivity index (χ0) is 27.3. The average molecular weight is 559 g/mol. The summed E-state index contributed by atoms with van der Waals surface area (Å²) in [6.45, 7) is 0. The van der Waals surface area contributed by atoms with Gasteiger partial charge in [0.15, 0.2) is 11.3 Å². The molecule has 3 heterocycles. The largest absolute Gasteiger partial charge is 0.434 e. The SMILES string of the molecule is O=S(=O)(N[C@H]1CCC[C@@H](n2cnnc2)C1)c1cc(-c2ccc3nc(C(F)(F)F)cn3n2)cc(C(F)(F)F)c1. The van der Waals surface area contributed by atoms with Crippen molar-refractivity contribution in [3.05, 3.63) is 60.4 Å². The van der Waals surface area contributed by atoms with Gasteiger partial charge in [-0.2, -0.15) is 31.4 Å². The number of hydrogen-bond donors (Lipinski definition) is 1. The molecule has 3 aromatic heterocycles. The minimum atomic E-state index is -4.90. The van der Waals surface area contributed by atoms with Crippen molar-refractivity contribution < 1.29 is 34.8 Å². The third-order valence-corrected chi connectivity index (χ3v) is 7.78. The average Bonchev–Trinajstić information content (AvgIpc) is 3.53. The Balaban J connectivity index is 1.49. The van der Waals surface area contributed by atoms with Crippen molar-refractivity contribution in [2.75, 3.05) is 0 Å². The van der Waals surface area contributed by atoms with E-state index in [1.165, 1.54) is 18.7 Å². The number of imidazole rings is 1. The zero-order valence-electron chi connectivity index (χ0n) is 19.3. The number of hydrogen-bond acceptors (Lipinski definition) is 6. The second-order valence-electron chi connectivity index (χ2n) is 8.94. The van der Waals surface area contributed by atoms with E-state index >= 15 is 0 Å². The first-order valence-electron chi connectivity index (χ1n) is 11.3. The summed E-state index contributed by atoms with van der Waals surface area (Å²) in [4.78, 5) is 2.76. The number of nitrogens with zero attached hydrogens (tertiary/aromatic N) is 6. The molecule has 0 saturated heterocycles. The van der Waals surface area contributed by atoms with Crippen LogP contribution in [0.5, 0.6) is 0 Å². The molecule has 1 saturated carbocycles. The van der Waals surface area contributed by atoms with Crippen molar-refractivity contribution >= 4 is 15.7 Å². The molecular weight excluding hydrogens is 540 g/mol. The number of nitrogens with one attached hydrogen (secondary N) is 1. The standard InChI is InChI=1S/C22H19F6N7O2S/c23-21(24,25)14-6-13(18-4-5-20-31-19(22(26,27)28)10-35(20)32-18)7-17(8-14)38(36,37)33-15-2-1-3-16(9-15)34-11-29-30-12-34/h4-8,10-12,15-16,33H,1-3,9H2/t15-,16+/m0/s1. The normalized spacial score (nSPS) is 19.2. The second-order valence-corrected chi connectivity index (χ2v) is 10.7. The molecule has 38 heavy (non-hydrogen) atoms. The van der Waals surface area contributed by atoms with Crippen LogP contribution in [-0.2, 0) is 22.4 Å². The number of alkyl halides is 6. The van der Waals surface area contributed by atoms with E-state index in [9.17, 15) is 34.8 Å². The van der Waals surface area contributed by atoms with Crippen molar-refractivity contribution in [3.63, 3.8) is 0 Å². The molecule has 1 aliphatic carbocycles. The highest BCUT2D eigenvalue weighted by Crippen LogP contribution is 2.35. The van der Waals surface area contributed by atoms with E-state index in [-0.39, 0.29) is 22.9 Å². The van der Waals surface area contributed by atoms with Crippen molar-refractivity contribution in [1.82, 2.24) is 34.1 Å². The molecule has 0 radical (unpaired) electrons. The highest BCUT2D eigenvalue weighted by Gasteiger charge is 2.35. The van der Waals surface area contributed by atoms with Crippen LogP contribution in [0.1, 0.15) is 43.0 Å². The lowest BCUT2D eigenvalue weighted by molar-refractivity contribution is -0.141. The fourth-order valence-corrected chi connectivity index (χ4v) is 5.82. The molecule has 0 amide bonds. The van der Waals surface area contributed by atoms with E-state index in [4.69, 9.17) is 0 Å². The first-order chi connectivity index (χ1) is 17.8. The van der Waals surface area contributed by atoms with Gasteiger partial charge in [-0.1, -0.05) is 0 Å². The molecule has 1 fully saturated rings. The van der Waals surface area contributed by atoms with Gasteiger partial charge in [-0.25, -0.2) is 22.6 Å². The van der Waals surface area contributed by atoms with Gasteiger partial charge in [-0.3, -0.25) is 0 Å². The van der Waals surface area contributed by atoms with Gasteiger partial charge in [0.05, 0.1) is 22.3 Å². The van der Waals surface area contributed by atoms with Crippen LogP contribution >= 0.6 is 0 Å². The van der Waals surface area contributed by atoms with Crippen LogP contribution in [0.25, 0.3) is 16.9 Å². The maximum atomic E-state index is 13.7. The van der Waals surface area contributed by atoms with Crippen LogP contribution in [0.15, 0.2) is 54.1 Å². The summed E-state index contributed by atoms with van der Waals surface area (Å²) < 4.78 is 112. The Bertz CT molecular complexity index is 1570. The molecule has 16 heteroatoms. The Morgan fingerprint density at radius 3 is 2.37 bits per heavy atom. The number of fused-ring (bicyclic) bond motifs is 1. The van der Waals surface area contributed by atoms with Crippen LogP contribution in [0.3, 0.4) is 0 Å². The third-order valence-electron chi connectivity index (χ3n) is 6.28. The van der Waals surface area contributed by atoms with Crippen molar-refractivity contribution in [3.8, 4) is 11.3 Å². The number of benzene rings is 1. The lowest BCUT2D eigenvalue weighted by Crippen LogP contribution is -2.38. The molecular formula is C22H19F6N7O2S. The Hall–Kier alpha value is -3.53. The number of rotatable bonds is 5. The fourth-order valence-electron chi connectivity index (χ4n) is 4.46. The molecule has 1 N–H and O–H groups in total. The molecule has 4 aromatic rings. The summed E-state index contributed by atoms with van der Waals surface area (Å²) in [5.74, 6) is 0. The van der Waals surface area contributed by atoms with E-state index in [0.29, 0.717) is 37.6 Å². The summed E-state index contributed by atoms with van der Waals surface area (Å²) in [6, 6.07) is 3.93. The zero-order valence-corrected chi connectivity index (χ0v) is 20.1. The first-order valence-corrected chi connectivity index (χ1v) is 12.8. The topological polar surface area (TPSA) is 107 Å². The van der Waals surface area contributed by atoms with Crippen LogP contribution in [0, 0.1) is 0 Å². The molecule has 0 aliphatic heterocycles. The van der Waals surface area contributed by atoms with Gasteiger partial charge in [0.1, 0.15) is 12.7 Å². The summed E-state index contributed by atoms with van der Waals surface area (Å²) in [7, 11) is -4.41. The van der Waals surface area contributed by atoms with Crippen LogP contribution in [0.4, 0.5) is 26.3 Å². The Labute approximate surface area is 211 Å². The van der Waals surface area contributed by atoms with Gasteiger partial charge in [0, 0.05) is 17.6 Å². The van der Waals surface area contributed by atoms with Gasteiger partial charge in [-0.15, -0.1) is 10.2 Å². The maximum Gasteiger partial charge on any atom is 0.434 e. The lowest BCUT2D eigenvalue weighted by Gasteiger charge is -2.30. The predicted molar refractivity (Wildman–Crippen MR) is 120 cm³/mol. The van der Waals surface area contributed by atoms with Crippen LogP contribution in [0.2, 0.25) is 0 Å². The number of halogens is 6. The summed E-state index contributed by atoms with van der Waals surface area (Å²) in [5.41, 5.74) is -3.06. The maximum absolute atomic E-state index is 13.7. The van der Waals surface area contributed by atoms with Crippen LogP contribution in [-0.4, -0.2) is 43.8 Å². The molecule has 202 valence electrons. The summed E-state index contributed by atoms with van der Waals surface area (Å²) in [6.07, 6.45) is -3.68.